The first-order chi connectivity index (χ1) is 10.7. The van der Waals surface area contributed by atoms with E-state index in [1.807, 2.05) is 24.3 Å². The fraction of sp³-hybridized carbons (Fsp3) is 0.429. The molecule has 0 aliphatic carbocycles. The lowest BCUT2D eigenvalue weighted by Crippen LogP contribution is -2.22. The lowest BCUT2D eigenvalue weighted by Gasteiger charge is -2.13. The highest BCUT2D eigenvalue weighted by molar-refractivity contribution is 5.63. The van der Waals surface area contributed by atoms with Crippen molar-refractivity contribution in [2.45, 2.75) is 12.2 Å². The summed E-state index contributed by atoms with van der Waals surface area (Å²) in [7, 11) is 0. The highest BCUT2D eigenvalue weighted by Gasteiger charge is 2.25. The number of carbonyl (C=O) groups is 2. The van der Waals surface area contributed by atoms with E-state index in [1.54, 1.807) is 0 Å². The smallest absolute Gasteiger partial charge is 0.430 e. The van der Waals surface area contributed by atoms with E-state index < -0.39 is 12.3 Å². The maximum atomic E-state index is 10.8. The minimum Gasteiger partial charge on any atom is -0.430 e. The molecule has 2 unspecified atom stereocenters. The Morgan fingerprint density at radius 1 is 0.909 bits per heavy atom. The van der Waals surface area contributed by atoms with Gasteiger partial charge in [0, 0.05) is 11.4 Å². The van der Waals surface area contributed by atoms with Crippen LogP contribution in [-0.4, -0.2) is 50.8 Å². The third-order valence-corrected chi connectivity index (χ3v) is 3.23. The Bertz CT molecular complexity index is 519. The van der Waals surface area contributed by atoms with E-state index in [4.69, 9.17) is 18.9 Å². The summed E-state index contributed by atoms with van der Waals surface area (Å²) < 4.78 is 19.3. The van der Waals surface area contributed by atoms with Gasteiger partial charge in [-0.25, -0.2) is 9.59 Å². The van der Waals surface area contributed by atoms with Crippen LogP contribution in [0, 0.1) is 0 Å². The summed E-state index contributed by atoms with van der Waals surface area (Å²) in [6.07, 6.45) is -1.82. The zero-order chi connectivity index (χ0) is 15.4. The molecule has 0 bridgehead atoms. The third-order valence-electron chi connectivity index (χ3n) is 3.23. The Morgan fingerprint density at radius 3 is 1.82 bits per heavy atom. The quantitative estimate of drug-likeness (QED) is 0.765. The van der Waals surface area contributed by atoms with Gasteiger partial charge in [0.05, 0.1) is 13.1 Å². The SMILES string of the molecule is O=C1OCC(CNc2cccc(NCC3COC(=O)O3)c2)O1. The van der Waals surface area contributed by atoms with Crippen molar-refractivity contribution in [2.75, 3.05) is 36.9 Å². The minimum atomic E-state index is -0.629. The maximum absolute atomic E-state index is 10.8. The standard InChI is InChI=1S/C14H16N2O6/c17-13-19-7-11(21-13)5-15-9-2-1-3-10(4-9)16-6-12-8-20-14(18)22-12/h1-4,11-12,15-16H,5-8H2. The largest absolute Gasteiger partial charge is 0.508 e. The predicted octanol–water partition coefficient (Wildman–Crippen LogP) is 1.58. The number of hydrogen-bond acceptors (Lipinski definition) is 8. The van der Waals surface area contributed by atoms with Crippen LogP contribution < -0.4 is 10.6 Å². The number of anilines is 2. The van der Waals surface area contributed by atoms with E-state index in [0.29, 0.717) is 13.1 Å². The summed E-state index contributed by atoms with van der Waals surface area (Å²) in [5.74, 6) is 0. The molecule has 8 nitrogen and oxygen atoms in total. The predicted molar refractivity (Wildman–Crippen MR) is 75.9 cm³/mol. The van der Waals surface area contributed by atoms with Crippen LogP contribution in [0.3, 0.4) is 0 Å². The van der Waals surface area contributed by atoms with Gasteiger partial charge in [-0.1, -0.05) is 6.07 Å². The van der Waals surface area contributed by atoms with E-state index in [-0.39, 0.29) is 25.4 Å². The van der Waals surface area contributed by atoms with Crippen molar-refractivity contribution < 1.29 is 28.5 Å². The number of nitrogens with one attached hydrogen (secondary N) is 2. The lowest BCUT2D eigenvalue weighted by molar-refractivity contribution is 0.119. The second kappa shape index (κ2) is 6.42. The molecule has 0 amide bonds. The summed E-state index contributed by atoms with van der Waals surface area (Å²) in [6, 6.07) is 7.61. The molecule has 0 radical (unpaired) electrons. The molecule has 22 heavy (non-hydrogen) atoms. The van der Waals surface area contributed by atoms with Crippen LogP contribution in [0.5, 0.6) is 0 Å². The number of benzene rings is 1. The molecular weight excluding hydrogens is 292 g/mol. The summed E-state index contributed by atoms with van der Waals surface area (Å²) in [5.41, 5.74) is 1.76. The van der Waals surface area contributed by atoms with Crippen LogP contribution in [0.4, 0.5) is 21.0 Å². The number of ether oxygens (including phenoxy) is 4. The van der Waals surface area contributed by atoms with Crippen LogP contribution in [0.15, 0.2) is 24.3 Å². The third kappa shape index (κ3) is 3.72. The molecule has 3 rings (SSSR count). The monoisotopic (exact) mass is 308 g/mol. The normalized spacial score (nSPS) is 23.3. The van der Waals surface area contributed by atoms with Crippen molar-refractivity contribution in [3.8, 4) is 0 Å². The number of cyclic esters (lactones) is 4. The topological polar surface area (TPSA) is 95.1 Å². The van der Waals surface area contributed by atoms with Crippen molar-refractivity contribution in [2.24, 2.45) is 0 Å². The van der Waals surface area contributed by atoms with Gasteiger partial charge in [-0.15, -0.1) is 0 Å². The molecule has 0 spiro atoms. The summed E-state index contributed by atoms with van der Waals surface area (Å²) in [5, 5.41) is 6.35. The summed E-state index contributed by atoms with van der Waals surface area (Å²) in [4.78, 5) is 21.6. The van der Waals surface area contributed by atoms with Crippen molar-refractivity contribution in [3.63, 3.8) is 0 Å². The molecule has 0 saturated carbocycles. The first-order valence-electron chi connectivity index (χ1n) is 6.93. The summed E-state index contributed by atoms with van der Waals surface area (Å²) >= 11 is 0. The fourth-order valence-corrected chi connectivity index (χ4v) is 2.13. The zero-order valence-electron chi connectivity index (χ0n) is 11.7. The first-order valence-corrected chi connectivity index (χ1v) is 6.93. The van der Waals surface area contributed by atoms with Gasteiger partial charge in [0.15, 0.2) is 12.2 Å². The zero-order valence-corrected chi connectivity index (χ0v) is 11.7. The molecule has 118 valence electrons. The molecule has 2 N–H and O–H groups in total. The Labute approximate surface area is 126 Å². The summed E-state index contributed by atoms with van der Waals surface area (Å²) in [6.45, 7) is 1.47. The maximum Gasteiger partial charge on any atom is 0.508 e. The van der Waals surface area contributed by atoms with Crippen molar-refractivity contribution in [1.82, 2.24) is 0 Å². The van der Waals surface area contributed by atoms with Gasteiger partial charge in [0.1, 0.15) is 13.2 Å². The van der Waals surface area contributed by atoms with Gasteiger partial charge in [-0.05, 0) is 18.2 Å². The van der Waals surface area contributed by atoms with Crippen LogP contribution >= 0.6 is 0 Å². The molecule has 2 aliphatic heterocycles. The molecule has 0 aromatic heterocycles. The second-order valence-corrected chi connectivity index (χ2v) is 4.94. The average Bonchev–Trinajstić information content (AvgIpc) is 3.12. The van der Waals surface area contributed by atoms with Crippen LogP contribution in [0.2, 0.25) is 0 Å². The Morgan fingerprint density at radius 2 is 1.41 bits per heavy atom. The average molecular weight is 308 g/mol. The Balaban J connectivity index is 1.47. The number of rotatable bonds is 6. The number of hydrogen-bond donors (Lipinski definition) is 2. The van der Waals surface area contributed by atoms with E-state index in [2.05, 4.69) is 10.6 Å². The number of carbonyl (C=O) groups excluding carboxylic acids is 2. The highest BCUT2D eigenvalue weighted by Crippen LogP contribution is 2.17. The molecule has 2 aliphatic rings. The van der Waals surface area contributed by atoms with Crippen LogP contribution in [0.25, 0.3) is 0 Å². The highest BCUT2D eigenvalue weighted by atomic mass is 16.8. The van der Waals surface area contributed by atoms with E-state index in [0.717, 1.165) is 11.4 Å². The van der Waals surface area contributed by atoms with Gasteiger partial charge in [0.2, 0.25) is 0 Å². The van der Waals surface area contributed by atoms with Gasteiger partial charge < -0.3 is 29.6 Å². The molecule has 2 heterocycles. The minimum absolute atomic E-state index is 0.261. The van der Waals surface area contributed by atoms with Gasteiger partial charge in [-0.3, -0.25) is 0 Å². The van der Waals surface area contributed by atoms with Gasteiger partial charge >= 0.3 is 12.3 Å². The molecule has 2 atom stereocenters. The lowest BCUT2D eigenvalue weighted by atomic mass is 10.2. The van der Waals surface area contributed by atoms with E-state index in [1.165, 1.54) is 0 Å². The fourth-order valence-electron chi connectivity index (χ4n) is 2.13. The molecule has 8 heteroatoms. The van der Waals surface area contributed by atoms with E-state index in [9.17, 15) is 9.59 Å². The van der Waals surface area contributed by atoms with Crippen molar-refractivity contribution in [1.29, 1.82) is 0 Å². The molecular formula is C14H16N2O6. The Hall–Kier alpha value is -2.64. The van der Waals surface area contributed by atoms with E-state index >= 15 is 0 Å². The first kappa shape index (κ1) is 14.3. The molecule has 2 fully saturated rings. The molecule has 1 aromatic carbocycles. The molecule has 2 saturated heterocycles. The second-order valence-electron chi connectivity index (χ2n) is 4.94. The molecule has 1 aromatic rings. The van der Waals surface area contributed by atoms with Gasteiger partial charge in [0.25, 0.3) is 0 Å². The Kier molecular flexibility index (Phi) is 4.17. The van der Waals surface area contributed by atoms with Crippen molar-refractivity contribution >= 4 is 23.7 Å². The van der Waals surface area contributed by atoms with Gasteiger partial charge in [-0.2, -0.15) is 0 Å². The van der Waals surface area contributed by atoms with Crippen LogP contribution in [0.1, 0.15) is 0 Å². The van der Waals surface area contributed by atoms with Crippen molar-refractivity contribution in [3.05, 3.63) is 24.3 Å². The van der Waals surface area contributed by atoms with Crippen LogP contribution in [-0.2, 0) is 18.9 Å².